The van der Waals surface area contributed by atoms with E-state index < -0.39 is 0 Å². The van der Waals surface area contributed by atoms with Gasteiger partial charge < -0.3 is 0 Å². The molecule has 0 aliphatic heterocycles. The quantitative estimate of drug-likeness (QED) is 0.606. The highest BCUT2D eigenvalue weighted by molar-refractivity contribution is 9.10. The first-order valence-corrected chi connectivity index (χ1v) is 7.65. The maximum absolute atomic E-state index is 8.91. The Labute approximate surface area is 135 Å². The van der Waals surface area contributed by atoms with Crippen LogP contribution in [0.4, 0.5) is 0 Å². The van der Waals surface area contributed by atoms with E-state index in [2.05, 4.69) is 27.0 Å². The lowest BCUT2D eigenvalue weighted by atomic mass is 10.2. The molecule has 0 bridgehead atoms. The second kappa shape index (κ2) is 5.51. The number of nitrogens with zero attached hydrogens (tertiary/aromatic N) is 3. The molecular formula is C16H11BrClN3. The first kappa shape index (κ1) is 14.1. The van der Waals surface area contributed by atoms with Crippen molar-refractivity contribution in [2.75, 3.05) is 0 Å². The average Bonchev–Trinajstić information content (AvgIpc) is 2.86. The maximum atomic E-state index is 8.91. The highest BCUT2D eigenvalue weighted by Gasteiger charge is 2.16. The molecule has 0 radical (unpaired) electrons. The van der Waals surface area contributed by atoms with Crippen LogP contribution in [0.15, 0.2) is 46.9 Å². The van der Waals surface area contributed by atoms with E-state index in [1.54, 1.807) is 12.1 Å². The molecule has 5 heteroatoms. The summed E-state index contributed by atoms with van der Waals surface area (Å²) in [4.78, 5) is 4.62. The summed E-state index contributed by atoms with van der Waals surface area (Å²) >= 11 is 9.77. The summed E-state index contributed by atoms with van der Waals surface area (Å²) in [5, 5.41) is 8.70. The molecular weight excluding hydrogens is 350 g/mol. The molecule has 3 nitrogen and oxygen atoms in total. The molecule has 0 aliphatic rings. The highest BCUT2D eigenvalue weighted by atomic mass is 79.9. The third-order valence-electron chi connectivity index (χ3n) is 3.25. The summed E-state index contributed by atoms with van der Waals surface area (Å²) in [6.45, 7) is 1.90. The van der Waals surface area contributed by atoms with Crippen LogP contribution in [0, 0.1) is 11.3 Å². The highest BCUT2D eigenvalue weighted by Crippen LogP contribution is 2.29. The van der Waals surface area contributed by atoms with E-state index in [9.17, 15) is 0 Å². The lowest BCUT2D eigenvalue weighted by Gasteiger charge is -2.10. The molecule has 0 saturated heterocycles. The summed E-state index contributed by atoms with van der Waals surface area (Å²) in [7, 11) is 0. The van der Waals surface area contributed by atoms with Gasteiger partial charge in [0.15, 0.2) is 0 Å². The minimum Gasteiger partial charge on any atom is -0.295 e. The second-order valence-corrected chi connectivity index (χ2v) is 6.28. The first-order chi connectivity index (χ1) is 10.1. The van der Waals surface area contributed by atoms with Gasteiger partial charge in [-0.3, -0.25) is 4.57 Å². The van der Waals surface area contributed by atoms with E-state index >= 15 is 0 Å². The summed E-state index contributed by atoms with van der Waals surface area (Å²) in [5.74, 6) is 0.787. The van der Waals surface area contributed by atoms with Crippen molar-refractivity contribution in [3.05, 3.63) is 58.3 Å². The van der Waals surface area contributed by atoms with Crippen LogP contribution < -0.4 is 0 Å². The number of hydrogen-bond donors (Lipinski definition) is 0. The van der Waals surface area contributed by atoms with Crippen molar-refractivity contribution >= 4 is 38.6 Å². The van der Waals surface area contributed by atoms with Gasteiger partial charge in [0.1, 0.15) is 5.82 Å². The van der Waals surface area contributed by atoms with Gasteiger partial charge in [0.05, 0.1) is 28.0 Å². The Morgan fingerprint density at radius 3 is 2.57 bits per heavy atom. The standard InChI is InChI=1S/C16H11BrClN3/c1-10(18)16-20-14-7-4-12(17)8-15(14)21(16)13-5-2-11(9-19)3-6-13/h2-8,10H,1H3. The summed E-state index contributed by atoms with van der Waals surface area (Å²) in [6.07, 6.45) is 0. The molecule has 1 aromatic heterocycles. The molecule has 3 rings (SSSR count). The molecule has 1 atom stereocenters. The van der Waals surface area contributed by atoms with Gasteiger partial charge in [-0.2, -0.15) is 5.26 Å². The van der Waals surface area contributed by atoms with Crippen molar-refractivity contribution in [2.45, 2.75) is 12.3 Å². The lowest BCUT2D eigenvalue weighted by molar-refractivity contribution is 0.882. The number of nitriles is 1. The van der Waals surface area contributed by atoms with Gasteiger partial charge in [0, 0.05) is 10.2 Å². The molecule has 104 valence electrons. The van der Waals surface area contributed by atoms with Crippen molar-refractivity contribution in [3.63, 3.8) is 0 Å². The molecule has 0 spiro atoms. The van der Waals surface area contributed by atoms with Gasteiger partial charge in [-0.15, -0.1) is 11.6 Å². The Morgan fingerprint density at radius 2 is 1.95 bits per heavy atom. The molecule has 1 unspecified atom stereocenters. The fourth-order valence-corrected chi connectivity index (χ4v) is 2.79. The Hall–Kier alpha value is -1.83. The molecule has 0 N–H and O–H groups in total. The van der Waals surface area contributed by atoms with Crippen molar-refractivity contribution in [3.8, 4) is 11.8 Å². The number of halogens is 2. The predicted octanol–water partition coefficient (Wildman–Crippen LogP) is 4.96. The van der Waals surface area contributed by atoms with Crippen LogP contribution in [0.1, 0.15) is 23.7 Å². The minimum absolute atomic E-state index is 0.216. The maximum Gasteiger partial charge on any atom is 0.132 e. The van der Waals surface area contributed by atoms with Crippen molar-refractivity contribution in [2.24, 2.45) is 0 Å². The minimum atomic E-state index is -0.216. The molecule has 21 heavy (non-hydrogen) atoms. The Morgan fingerprint density at radius 1 is 1.24 bits per heavy atom. The number of fused-ring (bicyclic) bond motifs is 1. The number of aromatic nitrogens is 2. The van der Waals surface area contributed by atoms with Gasteiger partial charge in [-0.25, -0.2) is 4.98 Å². The number of imidazole rings is 1. The molecule has 0 saturated carbocycles. The predicted molar refractivity (Wildman–Crippen MR) is 87.8 cm³/mol. The number of benzene rings is 2. The fourth-order valence-electron chi connectivity index (χ4n) is 2.29. The lowest BCUT2D eigenvalue weighted by Crippen LogP contribution is -2.01. The van der Waals surface area contributed by atoms with Crippen molar-refractivity contribution in [1.29, 1.82) is 5.26 Å². The van der Waals surface area contributed by atoms with Crippen LogP contribution in [0.3, 0.4) is 0 Å². The Bertz CT molecular complexity index is 844. The van der Waals surface area contributed by atoms with Gasteiger partial charge in [0.2, 0.25) is 0 Å². The third kappa shape index (κ3) is 2.55. The Balaban J connectivity index is 2.30. The molecule has 1 heterocycles. The first-order valence-electron chi connectivity index (χ1n) is 6.42. The van der Waals surface area contributed by atoms with Crippen LogP contribution in [0.2, 0.25) is 0 Å². The van der Waals surface area contributed by atoms with E-state index in [4.69, 9.17) is 16.9 Å². The number of hydrogen-bond acceptors (Lipinski definition) is 2. The molecule has 2 aromatic carbocycles. The van der Waals surface area contributed by atoms with Crippen LogP contribution in [0.5, 0.6) is 0 Å². The molecule has 0 amide bonds. The van der Waals surface area contributed by atoms with Gasteiger partial charge in [0.25, 0.3) is 0 Å². The third-order valence-corrected chi connectivity index (χ3v) is 3.94. The van der Waals surface area contributed by atoms with E-state index in [1.807, 2.05) is 41.8 Å². The van der Waals surface area contributed by atoms with Gasteiger partial charge in [-0.05, 0) is 49.4 Å². The SMILES string of the molecule is CC(Cl)c1nc2ccc(Br)cc2n1-c1ccc(C#N)cc1. The largest absolute Gasteiger partial charge is 0.295 e. The summed E-state index contributed by atoms with van der Waals surface area (Å²) < 4.78 is 3.01. The topological polar surface area (TPSA) is 41.6 Å². The van der Waals surface area contributed by atoms with E-state index in [0.717, 1.165) is 27.0 Å². The smallest absolute Gasteiger partial charge is 0.132 e. The number of rotatable bonds is 2. The fraction of sp³-hybridized carbons (Fsp3) is 0.125. The van der Waals surface area contributed by atoms with E-state index in [-0.39, 0.29) is 5.38 Å². The monoisotopic (exact) mass is 359 g/mol. The van der Waals surface area contributed by atoms with Crippen LogP contribution >= 0.6 is 27.5 Å². The van der Waals surface area contributed by atoms with Crippen LogP contribution in [-0.2, 0) is 0 Å². The van der Waals surface area contributed by atoms with Crippen LogP contribution in [-0.4, -0.2) is 9.55 Å². The number of alkyl halides is 1. The second-order valence-electron chi connectivity index (χ2n) is 4.71. The van der Waals surface area contributed by atoms with Crippen molar-refractivity contribution in [1.82, 2.24) is 9.55 Å². The normalized spacial score (nSPS) is 12.3. The molecule has 0 fully saturated rings. The van der Waals surface area contributed by atoms with E-state index in [1.165, 1.54) is 0 Å². The average molecular weight is 361 g/mol. The summed E-state index contributed by atoms with van der Waals surface area (Å²) in [5.41, 5.74) is 3.45. The zero-order valence-electron chi connectivity index (χ0n) is 11.2. The van der Waals surface area contributed by atoms with Crippen LogP contribution in [0.25, 0.3) is 16.7 Å². The zero-order chi connectivity index (χ0) is 15.0. The zero-order valence-corrected chi connectivity index (χ0v) is 13.6. The molecule has 0 aliphatic carbocycles. The Kier molecular flexibility index (Phi) is 3.71. The van der Waals surface area contributed by atoms with E-state index in [0.29, 0.717) is 5.56 Å². The van der Waals surface area contributed by atoms with Crippen molar-refractivity contribution < 1.29 is 0 Å². The summed E-state index contributed by atoms with van der Waals surface area (Å²) in [6, 6.07) is 15.5. The van der Waals surface area contributed by atoms with Gasteiger partial charge in [-0.1, -0.05) is 15.9 Å². The molecule has 3 aromatic rings. The van der Waals surface area contributed by atoms with Gasteiger partial charge >= 0.3 is 0 Å².